The molecule has 1 aromatic heterocycles. The number of para-hydroxylation sites is 1. The van der Waals surface area contributed by atoms with Crippen LogP contribution in [-0.4, -0.2) is 31.1 Å². The Kier molecular flexibility index (Phi) is 4.68. The van der Waals surface area contributed by atoms with Gasteiger partial charge in [-0.25, -0.2) is 0 Å². The van der Waals surface area contributed by atoms with Crippen LogP contribution in [0.4, 0.5) is 5.69 Å². The van der Waals surface area contributed by atoms with Crippen molar-refractivity contribution in [2.75, 3.05) is 20.3 Å². The van der Waals surface area contributed by atoms with E-state index in [2.05, 4.69) is 5.32 Å². The van der Waals surface area contributed by atoms with E-state index in [1.54, 1.807) is 18.2 Å². The van der Waals surface area contributed by atoms with Crippen molar-refractivity contribution >= 4 is 11.6 Å². The molecule has 21 heavy (non-hydrogen) atoms. The van der Waals surface area contributed by atoms with Gasteiger partial charge in [0.15, 0.2) is 5.76 Å². The Morgan fingerprint density at radius 1 is 1.33 bits per heavy atom. The third kappa shape index (κ3) is 3.46. The van der Waals surface area contributed by atoms with E-state index in [9.17, 15) is 14.9 Å². The highest BCUT2D eigenvalue weighted by molar-refractivity contribution is 5.92. The molecule has 1 N–H and O–H groups in total. The molecule has 0 aliphatic carbocycles. The molecule has 0 unspecified atom stereocenters. The molecular formula is C14H14N2O5. The number of nitro groups is 1. The molecule has 0 spiro atoms. The lowest BCUT2D eigenvalue weighted by Crippen LogP contribution is -2.26. The van der Waals surface area contributed by atoms with E-state index in [0.717, 1.165) is 0 Å². The highest BCUT2D eigenvalue weighted by Crippen LogP contribution is 2.30. The number of nitro benzene ring substituents is 1. The Balaban J connectivity index is 2.20. The van der Waals surface area contributed by atoms with Crippen molar-refractivity contribution in [2.45, 2.75) is 0 Å². The Morgan fingerprint density at radius 2 is 2.10 bits per heavy atom. The molecule has 0 aliphatic heterocycles. The van der Waals surface area contributed by atoms with Crippen LogP contribution in [0.15, 0.2) is 40.8 Å². The van der Waals surface area contributed by atoms with Gasteiger partial charge in [-0.1, -0.05) is 12.1 Å². The summed E-state index contributed by atoms with van der Waals surface area (Å²) in [5, 5.41) is 13.6. The summed E-state index contributed by atoms with van der Waals surface area (Å²) in [7, 11) is 1.53. The van der Waals surface area contributed by atoms with Crippen molar-refractivity contribution < 1.29 is 18.9 Å². The van der Waals surface area contributed by atoms with Crippen molar-refractivity contribution in [1.29, 1.82) is 0 Å². The number of amides is 1. The van der Waals surface area contributed by atoms with Crippen molar-refractivity contribution in [3.05, 3.63) is 52.3 Å². The Morgan fingerprint density at radius 3 is 2.81 bits per heavy atom. The lowest BCUT2D eigenvalue weighted by atomic mass is 10.1. The molecule has 0 bridgehead atoms. The average molecular weight is 290 g/mol. The number of methoxy groups -OCH3 is 1. The molecule has 0 saturated carbocycles. The van der Waals surface area contributed by atoms with Gasteiger partial charge in [0.2, 0.25) is 0 Å². The Hall–Kier alpha value is -2.67. The lowest BCUT2D eigenvalue weighted by molar-refractivity contribution is -0.384. The average Bonchev–Trinajstić information content (AvgIpc) is 2.97. The van der Waals surface area contributed by atoms with E-state index in [4.69, 9.17) is 9.15 Å². The van der Waals surface area contributed by atoms with E-state index in [0.29, 0.717) is 18.7 Å². The first-order chi connectivity index (χ1) is 10.1. The molecule has 0 fully saturated rings. The van der Waals surface area contributed by atoms with Gasteiger partial charge in [-0.15, -0.1) is 0 Å². The number of rotatable bonds is 6. The largest absolute Gasteiger partial charge is 0.451 e. The second-order valence-corrected chi connectivity index (χ2v) is 4.19. The molecule has 7 nitrogen and oxygen atoms in total. The zero-order valence-corrected chi connectivity index (χ0v) is 11.4. The Labute approximate surface area is 120 Å². The van der Waals surface area contributed by atoms with Crippen LogP contribution in [-0.2, 0) is 4.74 Å². The summed E-state index contributed by atoms with van der Waals surface area (Å²) in [5.41, 5.74) is 0.261. The molecule has 2 rings (SSSR count). The minimum atomic E-state index is -0.490. The number of furan rings is 1. The van der Waals surface area contributed by atoms with E-state index < -0.39 is 10.8 Å². The van der Waals surface area contributed by atoms with Crippen molar-refractivity contribution in [3.8, 4) is 11.3 Å². The van der Waals surface area contributed by atoms with Gasteiger partial charge >= 0.3 is 0 Å². The minimum Gasteiger partial charge on any atom is -0.451 e. The maximum absolute atomic E-state index is 11.8. The number of carbonyl (C=O) groups is 1. The first-order valence-electron chi connectivity index (χ1n) is 6.24. The van der Waals surface area contributed by atoms with E-state index in [1.165, 1.54) is 25.3 Å². The van der Waals surface area contributed by atoms with Crippen LogP contribution in [0, 0.1) is 10.1 Å². The maximum Gasteiger partial charge on any atom is 0.287 e. The molecule has 0 aliphatic rings. The standard InChI is InChI=1S/C14H14N2O5/c1-20-9-8-15-14(17)13-7-6-12(21-13)10-4-2-3-5-11(10)16(18)19/h2-7H,8-9H2,1H3,(H,15,17). The number of hydrogen-bond donors (Lipinski definition) is 1. The molecule has 0 saturated heterocycles. The molecule has 1 aromatic carbocycles. The topological polar surface area (TPSA) is 94.6 Å². The maximum atomic E-state index is 11.8. The molecule has 110 valence electrons. The van der Waals surface area contributed by atoms with Crippen LogP contribution in [0.25, 0.3) is 11.3 Å². The monoisotopic (exact) mass is 290 g/mol. The van der Waals surface area contributed by atoms with Gasteiger partial charge in [-0.2, -0.15) is 0 Å². The van der Waals surface area contributed by atoms with Crippen molar-refractivity contribution in [2.24, 2.45) is 0 Å². The number of carbonyl (C=O) groups excluding carboxylic acids is 1. The number of ether oxygens (including phenoxy) is 1. The predicted molar refractivity (Wildman–Crippen MR) is 75.0 cm³/mol. The summed E-state index contributed by atoms with van der Waals surface area (Å²) in [6.07, 6.45) is 0. The molecule has 7 heteroatoms. The van der Waals surface area contributed by atoms with Gasteiger partial charge in [0.1, 0.15) is 5.76 Å². The highest BCUT2D eigenvalue weighted by Gasteiger charge is 2.18. The zero-order chi connectivity index (χ0) is 15.2. The molecule has 2 aromatic rings. The smallest absolute Gasteiger partial charge is 0.287 e. The zero-order valence-electron chi connectivity index (χ0n) is 11.4. The van der Waals surface area contributed by atoms with Crippen LogP contribution >= 0.6 is 0 Å². The summed E-state index contributed by atoms with van der Waals surface area (Å²) in [4.78, 5) is 22.3. The summed E-state index contributed by atoms with van der Waals surface area (Å²) in [6, 6.07) is 9.22. The second kappa shape index (κ2) is 6.67. The van der Waals surface area contributed by atoms with Crippen LogP contribution in [0.3, 0.4) is 0 Å². The van der Waals surface area contributed by atoms with Crippen LogP contribution in [0.2, 0.25) is 0 Å². The normalized spacial score (nSPS) is 10.3. The third-order valence-corrected chi connectivity index (χ3v) is 2.79. The predicted octanol–water partition coefficient (Wildman–Crippen LogP) is 2.23. The van der Waals surface area contributed by atoms with Gasteiger partial charge in [-0.3, -0.25) is 14.9 Å². The van der Waals surface area contributed by atoms with Crippen molar-refractivity contribution in [1.82, 2.24) is 5.32 Å². The first-order valence-corrected chi connectivity index (χ1v) is 6.24. The fourth-order valence-corrected chi connectivity index (χ4v) is 1.80. The van der Waals surface area contributed by atoms with E-state index >= 15 is 0 Å². The molecule has 1 heterocycles. The third-order valence-electron chi connectivity index (χ3n) is 2.79. The highest BCUT2D eigenvalue weighted by atomic mass is 16.6. The number of nitrogens with zero attached hydrogens (tertiary/aromatic N) is 1. The fraction of sp³-hybridized carbons (Fsp3) is 0.214. The van der Waals surface area contributed by atoms with Gasteiger partial charge in [0.25, 0.3) is 11.6 Å². The van der Waals surface area contributed by atoms with Gasteiger partial charge < -0.3 is 14.5 Å². The Bertz CT molecular complexity index is 650. The molecular weight excluding hydrogens is 276 g/mol. The SMILES string of the molecule is COCCNC(=O)c1ccc(-c2ccccc2[N+](=O)[O-])o1. The summed E-state index contributed by atoms with van der Waals surface area (Å²) in [5.74, 6) is -0.0182. The van der Waals surface area contributed by atoms with E-state index in [-0.39, 0.29) is 17.2 Å². The second-order valence-electron chi connectivity index (χ2n) is 4.19. The van der Waals surface area contributed by atoms with E-state index in [1.807, 2.05) is 0 Å². The minimum absolute atomic E-state index is 0.0711. The van der Waals surface area contributed by atoms with Crippen LogP contribution in [0.1, 0.15) is 10.6 Å². The summed E-state index contributed by atoms with van der Waals surface area (Å²) >= 11 is 0. The quantitative estimate of drug-likeness (QED) is 0.500. The number of benzene rings is 1. The van der Waals surface area contributed by atoms with Gasteiger partial charge in [0.05, 0.1) is 17.1 Å². The lowest BCUT2D eigenvalue weighted by Gasteiger charge is -2.02. The number of hydrogen-bond acceptors (Lipinski definition) is 5. The van der Waals surface area contributed by atoms with Gasteiger partial charge in [-0.05, 0) is 18.2 Å². The van der Waals surface area contributed by atoms with Crippen LogP contribution in [0.5, 0.6) is 0 Å². The molecule has 0 radical (unpaired) electrons. The molecule has 1 amide bonds. The van der Waals surface area contributed by atoms with Crippen LogP contribution < -0.4 is 5.32 Å². The molecule has 0 atom stereocenters. The van der Waals surface area contributed by atoms with Gasteiger partial charge in [0, 0.05) is 19.7 Å². The fourth-order valence-electron chi connectivity index (χ4n) is 1.80. The summed E-state index contributed by atoms with van der Waals surface area (Å²) in [6.45, 7) is 0.750. The first kappa shape index (κ1) is 14.7. The van der Waals surface area contributed by atoms with Crippen molar-refractivity contribution in [3.63, 3.8) is 0 Å². The summed E-state index contributed by atoms with van der Waals surface area (Å²) < 4.78 is 10.2. The number of nitrogens with one attached hydrogen (secondary N) is 1.